The van der Waals surface area contributed by atoms with Gasteiger partial charge in [-0.15, -0.1) is 0 Å². The molecule has 33 heavy (non-hydrogen) atoms. The number of Topliss-reactive ketones (excluding diaryl/α,β-unsaturated/α-hetero) is 1. The van der Waals surface area contributed by atoms with Crippen LogP contribution in [0, 0.1) is 11.3 Å². The Morgan fingerprint density at radius 3 is 2.39 bits per heavy atom. The zero-order valence-electron chi connectivity index (χ0n) is 19.8. The number of aliphatic hydroxyl groups excluding tert-OH is 2. The van der Waals surface area contributed by atoms with Crippen molar-refractivity contribution in [2.45, 2.75) is 51.0 Å². The quantitative estimate of drug-likeness (QED) is 0.281. The Morgan fingerprint density at radius 2 is 1.82 bits per heavy atom. The molecule has 8 nitrogen and oxygen atoms in total. The fourth-order valence-electron chi connectivity index (χ4n) is 3.59. The number of ketones is 1. The van der Waals surface area contributed by atoms with Gasteiger partial charge in [0.25, 0.3) is 5.91 Å². The predicted octanol–water partition coefficient (Wildman–Crippen LogP) is 1.33. The Bertz CT molecular complexity index is 836. The molecule has 1 heterocycles. The van der Waals surface area contributed by atoms with Crippen LogP contribution in [0.4, 0.5) is 0 Å². The number of hydrogen-bond donors (Lipinski definition) is 4. The second-order valence-electron chi connectivity index (χ2n) is 8.96. The standard InChI is InChI=1S/C24H37N3O5S/c1-4-33(19-8-6-5-7-9-19)27-14-11-18(12-15-27)16-26-22(31)20(29)10-13-25-23(32)21(30)24(2,3)17-28/h4-9,18,21,28,30H,10-17H2,1-3H3,(H,25,32)(H,26,31). The predicted molar refractivity (Wildman–Crippen MR) is 131 cm³/mol. The lowest BCUT2D eigenvalue weighted by atomic mass is 9.87. The van der Waals surface area contributed by atoms with Crippen LogP contribution in [0.15, 0.2) is 35.2 Å². The van der Waals surface area contributed by atoms with Gasteiger partial charge in [0.1, 0.15) is 6.10 Å². The van der Waals surface area contributed by atoms with E-state index < -0.39 is 29.1 Å². The molecule has 2 atom stereocenters. The van der Waals surface area contributed by atoms with Crippen LogP contribution < -0.4 is 10.6 Å². The molecule has 2 amide bonds. The SMILES string of the molecule is CC=S(c1ccccc1)N1CCC(CNC(=O)C(=O)CCNC(=O)C(O)C(C)(C)CO)CC1. The molecule has 9 heteroatoms. The average molecular weight is 480 g/mol. The Labute approximate surface area is 198 Å². The summed E-state index contributed by atoms with van der Waals surface area (Å²) in [5.74, 6) is -1.59. The average Bonchev–Trinajstić information content (AvgIpc) is 2.83. The number of hydrogen-bond acceptors (Lipinski definition) is 6. The van der Waals surface area contributed by atoms with E-state index >= 15 is 0 Å². The lowest BCUT2D eigenvalue weighted by Gasteiger charge is -2.34. The summed E-state index contributed by atoms with van der Waals surface area (Å²) < 4.78 is 2.47. The number of carbonyl (C=O) groups excluding carboxylic acids is 3. The van der Waals surface area contributed by atoms with Crippen molar-refractivity contribution in [3.8, 4) is 0 Å². The second kappa shape index (κ2) is 13.0. The van der Waals surface area contributed by atoms with Crippen molar-refractivity contribution in [2.24, 2.45) is 11.3 Å². The lowest BCUT2D eigenvalue weighted by molar-refractivity contribution is -0.139. The summed E-state index contributed by atoms with van der Waals surface area (Å²) in [5.41, 5.74) is -0.988. The van der Waals surface area contributed by atoms with Gasteiger partial charge in [-0.25, -0.2) is 0 Å². The molecule has 4 N–H and O–H groups in total. The van der Waals surface area contributed by atoms with E-state index in [0.29, 0.717) is 12.5 Å². The molecular formula is C24H37N3O5S. The van der Waals surface area contributed by atoms with Gasteiger partial charge >= 0.3 is 0 Å². The smallest absolute Gasteiger partial charge is 0.287 e. The Balaban J connectivity index is 1.69. The number of piperidine rings is 1. The highest BCUT2D eigenvalue weighted by Gasteiger charge is 2.33. The first kappa shape index (κ1) is 27.2. The van der Waals surface area contributed by atoms with Crippen molar-refractivity contribution >= 4 is 33.6 Å². The van der Waals surface area contributed by atoms with Crippen LogP contribution in [-0.4, -0.2) is 76.4 Å². The number of rotatable bonds is 11. The van der Waals surface area contributed by atoms with Crippen LogP contribution in [0.3, 0.4) is 0 Å². The summed E-state index contributed by atoms with van der Waals surface area (Å²) in [6, 6.07) is 10.4. The van der Waals surface area contributed by atoms with Gasteiger partial charge in [-0.3, -0.25) is 18.7 Å². The Hall–Kier alpha value is -2.07. The maximum absolute atomic E-state index is 12.1. The Kier molecular flexibility index (Phi) is 10.7. The third-order valence-electron chi connectivity index (χ3n) is 5.91. The highest BCUT2D eigenvalue weighted by atomic mass is 32.2. The van der Waals surface area contributed by atoms with E-state index in [-0.39, 0.29) is 30.2 Å². The summed E-state index contributed by atoms with van der Waals surface area (Å²) in [6.07, 6.45) is 0.360. The summed E-state index contributed by atoms with van der Waals surface area (Å²) in [5, 5.41) is 26.6. The molecule has 1 aliphatic rings. The Morgan fingerprint density at radius 1 is 1.18 bits per heavy atom. The molecule has 1 aromatic carbocycles. The molecule has 0 bridgehead atoms. The van der Waals surface area contributed by atoms with Gasteiger partial charge in [0.15, 0.2) is 0 Å². The van der Waals surface area contributed by atoms with Crippen LogP contribution in [0.25, 0.3) is 0 Å². The van der Waals surface area contributed by atoms with Gasteiger partial charge < -0.3 is 20.8 Å². The number of aliphatic hydroxyl groups is 2. The third kappa shape index (κ3) is 8.03. The number of nitrogens with one attached hydrogen (secondary N) is 2. The van der Waals surface area contributed by atoms with Crippen LogP contribution in [0.2, 0.25) is 0 Å². The number of benzene rings is 1. The van der Waals surface area contributed by atoms with Crippen LogP contribution in [-0.2, 0) is 14.4 Å². The van der Waals surface area contributed by atoms with Crippen LogP contribution in [0.5, 0.6) is 0 Å². The topological polar surface area (TPSA) is 119 Å². The fraction of sp³-hybridized carbons (Fsp3) is 0.583. The first-order chi connectivity index (χ1) is 15.7. The highest BCUT2D eigenvalue weighted by molar-refractivity contribution is 8.13. The fourth-order valence-corrected chi connectivity index (χ4v) is 5.50. The third-order valence-corrected chi connectivity index (χ3v) is 8.03. The molecule has 1 fully saturated rings. The maximum atomic E-state index is 12.1. The number of amides is 2. The highest BCUT2D eigenvalue weighted by Crippen LogP contribution is 2.33. The van der Waals surface area contributed by atoms with Crippen molar-refractivity contribution in [1.82, 2.24) is 14.9 Å². The molecule has 1 aromatic rings. The molecule has 1 saturated heterocycles. The monoisotopic (exact) mass is 479 g/mol. The van der Waals surface area contributed by atoms with E-state index in [4.69, 9.17) is 0 Å². The summed E-state index contributed by atoms with van der Waals surface area (Å²) >= 11 is 0. The largest absolute Gasteiger partial charge is 0.396 e. The lowest BCUT2D eigenvalue weighted by Crippen LogP contribution is -2.46. The minimum absolute atomic E-state index is 0.0333. The van der Waals surface area contributed by atoms with E-state index in [0.717, 1.165) is 25.9 Å². The van der Waals surface area contributed by atoms with Crippen molar-refractivity contribution < 1.29 is 24.6 Å². The summed E-state index contributed by atoms with van der Waals surface area (Å²) in [4.78, 5) is 37.4. The normalized spacial score (nSPS) is 17.4. The number of carbonyl (C=O) groups is 3. The second-order valence-corrected chi connectivity index (χ2v) is 11.0. The minimum atomic E-state index is -1.40. The van der Waals surface area contributed by atoms with E-state index in [1.165, 1.54) is 4.90 Å². The van der Waals surface area contributed by atoms with Crippen molar-refractivity contribution in [2.75, 3.05) is 32.8 Å². The van der Waals surface area contributed by atoms with Crippen molar-refractivity contribution in [3.05, 3.63) is 30.3 Å². The molecule has 1 aliphatic heterocycles. The molecule has 0 aliphatic carbocycles. The van der Waals surface area contributed by atoms with Crippen LogP contribution >= 0.6 is 10.7 Å². The first-order valence-electron chi connectivity index (χ1n) is 11.4. The first-order valence-corrected chi connectivity index (χ1v) is 12.6. The zero-order chi connectivity index (χ0) is 24.4. The molecule has 0 saturated carbocycles. The molecule has 0 spiro atoms. The maximum Gasteiger partial charge on any atom is 0.287 e. The molecule has 184 valence electrons. The van der Waals surface area contributed by atoms with E-state index in [1.807, 2.05) is 6.07 Å². The van der Waals surface area contributed by atoms with Gasteiger partial charge in [-0.1, -0.05) is 42.7 Å². The zero-order valence-corrected chi connectivity index (χ0v) is 20.6. The van der Waals surface area contributed by atoms with E-state index in [2.05, 4.69) is 51.5 Å². The molecule has 2 rings (SSSR count). The molecule has 0 radical (unpaired) electrons. The van der Waals surface area contributed by atoms with Crippen molar-refractivity contribution in [3.63, 3.8) is 0 Å². The summed E-state index contributed by atoms with van der Waals surface area (Å²) in [6.45, 7) is 7.15. The van der Waals surface area contributed by atoms with Gasteiger partial charge in [0, 0.05) is 42.9 Å². The van der Waals surface area contributed by atoms with Gasteiger partial charge in [-0.05, 0) is 43.2 Å². The molecule has 2 unspecified atom stereocenters. The van der Waals surface area contributed by atoms with Crippen LogP contribution in [0.1, 0.15) is 40.0 Å². The molecular weight excluding hydrogens is 442 g/mol. The van der Waals surface area contributed by atoms with Gasteiger partial charge in [-0.2, -0.15) is 0 Å². The van der Waals surface area contributed by atoms with Crippen molar-refractivity contribution in [1.29, 1.82) is 0 Å². The summed E-state index contributed by atoms with van der Waals surface area (Å²) in [7, 11) is -0.0333. The number of nitrogens with zero attached hydrogens (tertiary/aromatic N) is 1. The van der Waals surface area contributed by atoms with Gasteiger partial charge in [0.05, 0.1) is 6.61 Å². The minimum Gasteiger partial charge on any atom is -0.396 e. The van der Waals surface area contributed by atoms with E-state index in [1.54, 1.807) is 13.8 Å². The van der Waals surface area contributed by atoms with E-state index in [9.17, 15) is 24.6 Å². The molecule has 0 aromatic heterocycles. The van der Waals surface area contributed by atoms with Gasteiger partial charge in [0.2, 0.25) is 11.7 Å².